The van der Waals surface area contributed by atoms with Crippen molar-refractivity contribution in [2.75, 3.05) is 20.3 Å². The molecule has 3 rings (SSSR count). The van der Waals surface area contributed by atoms with Crippen LogP contribution in [0.25, 0.3) is 6.08 Å². The number of hydrazone groups is 1. The van der Waals surface area contributed by atoms with Crippen LogP contribution in [0.3, 0.4) is 0 Å². The number of β-amino-alcohol motifs (C(OH)–C–C–N with tert-alkyl or cyclic N) is 1. The first kappa shape index (κ1) is 18.3. The molecule has 8 nitrogen and oxygen atoms in total. The Labute approximate surface area is 155 Å². The second-order valence-corrected chi connectivity index (χ2v) is 5.74. The van der Waals surface area contributed by atoms with Gasteiger partial charge in [0.2, 0.25) is 0 Å². The van der Waals surface area contributed by atoms with Crippen LogP contribution in [0.2, 0.25) is 0 Å². The van der Waals surface area contributed by atoms with Gasteiger partial charge in [0.25, 0.3) is 11.6 Å². The normalized spacial score (nSPS) is 15.2. The van der Waals surface area contributed by atoms with Gasteiger partial charge in [0, 0.05) is 17.7 Å². The molecule has 0 aliphatic carbocycles. The van der Waals surface area contributed by atoms with Crippen LogP contribution in [0.15, 0.2) is 59.2 Å². The Kier molecular flexibility index (Phi) is 5.28. The number of nitro groups is 1. The molecule has 0 fully saturated rings. The highest BCUT2D eigenvalue weighted by molar-refractivity contribution is 6.33. The molecule has 0 bridgehead atoms. The van der Waals surface area contributed by atoms with Crippen molar-refractivity contribution in [2.24, 2.45) is 5.10 Å². The van der Waals surface area contributed by atoms with Gasteiger partial charge >= 0.3 is 0 Å². The number of hydrogen-bond donors (Lipinski definition) is 1. The summed E-state index contributed by atoms with van der Waals surface area (Å²) in [4.78, 5) is 23.2. The minimum Gasteiger partial charge on any atom is -0.497 e. The topological polar surface area (TPSA) is 105 Å². The molecule has 0 aromatic heterocycles. The number of aliphatic hydroxyl groups excluding tert-OH is 1. The van der Waals surface area contributed by atoms with Crippen LogP contribution < -0.4 is 4.74 Å². The van der Waals surface area contributed by atoms with E-state index in [9.17, 15) is 14.9 Å². The van der Waals surface area contributed by atoms with Crippen LogP contribution in [-0.4, -0.2) is 46.9 Å². The lowest BCUT2D eigenvalue weighted by Crippen LogP contribution is -2.25. The van der Waals surface area contributed by atoms with Crippen molar-refractivity contribution in [2.45, 2.75) is 0 Å². The molecule has 2 aromatic rings. The number of nitro benzene ring substituents is 1. The summed E-state index contributed by atoms with van der Waals surface area (Å²) in [5, 5.41) is 25.7. The molecule has 0 saturated heterocycles. The number of ether oxygens (including phenoxy) is 1. The highest BCUT2D eigenvalue weighted by atomic mass is 16.6. The molecule has 1 aliphatic heterocycles. The minimum atomic E-state index is -0.491. The lowest BCUT2D eigenvalue weighted by molar-refractivity contribution is -0.384. The van der Waals surface area contributed by atoms with E-state index in [2.05, 4.69) is 5.10 Å². The van der Waals surface area contributed by atoms with Gasteiger partial charge in [-0.15, -0.1) is 0 Å². The van der Waals surface area contributed by atoms with E-state index in [0.717, 1.165) is 0 Å². The number of aliphatic hydroxyl groups is 1. The summed E-state index contributed by atoms with van der Waals surface area (Å²) in [5.41, 5.74) is 1.88. The maximum absolute atomic E-state index is 12.7. The first-order valence-electron chi connectivity index (χ1n) is 8.16. The van der Waals surface area contributed by atoms with Crippen LogP contribution in [0.4, 0.5) is 5.69 Å². The average Bonchev–Trinajstić information content (AvgIpc) is 2.98. The van der Waals surface area contributed by atoms with Gasteiger partial charge in [-0.2, -0.15) is 5.10 Å². The van der Waals surface area contributed by atoms with Crippen molar-refractivity contribution in [3.8, 4) is 5.75 Å². The van der Waals surface area contributed by atoms with Gasteiger partial charge in [-0.25, -0.2) is 5.01 Å². The molecule has 0 spiro atoms. The number of methoxy groups -OCH3 is 1. The smallest absolute Gasteiger partial charge is 0.276 e. The molecule has 1 amide bonds. The number of carbonyl (C=O) groups excluding carboxylic acids is 1. The van der Waals surface area contributed by atoms with Crippen LogP contribution in [0.1, 0.15) is 11.1 Å². The molecule has 138 valence electrons. The minimum absolute atomic E-state index is 0.0603. The molecule has 1 N–H and O–H groups in total. The largest absolute Gasteiger partial charge is 0.497 e. The van der Waals surface area contributed by atoms with Crippen molar-refractivity contribution >= 4 is 23.4 Å². The third-order valence-corrected chi connectivity index (χ3v) is 4.01. The second kappa shape index (κ2) is 7.79. The summed E-state index contributed by atoms with van der Waals surface area (Å²) in [6.07, 6.45) is 1.57. The zero-order valence-electron chi connectivity index (χ0n) is 14.5. The fourth-order valence-electron chi connectivity index (χ4n) is 2.69. The Morgan fingerprint density at radius 3 is 2.63 bits per heavy atom. The molecule has 27 heavy (non-hydrogen) atoms. The van der Waals surface area contributed by atoms with Gasteiger partial charge < -0.3 is 9.84 Å². The van der Waals surface area contributed by atoms with Gasteiger partial charge in [0.05, 0.1) is 30.8 Å². The predicted octanol–water partition coefficient (Wildman–Crippen LogP) is 2.23. The molecule has 0 saturated carbocycles. The zero-order chi connectivity index (χ0) is 19.4. The van der Waals surface area contributed by atoms with E-state index >= 15 is 0 Å². The third-order valence-electron chi connectivity index (χ3n) is 4.01. The highest BCUT2D eigenvalue weighted by Crippen LogP contribution is 2.25. The fraction of sp³-hybridized carbons (Fsp3) is 0.158. The van der Waals surface area contributed by atoms with E-state index < -0.39 is 4.92 Å². The Hall–Kier alpha value is -3.52. The van der Waals surface area contributed by atoms with Crippen molar-refractivity contribution in [3.05, 3.63) is 75.3 Å². The standard InChI is InChI=1S/C19H17N3O5/c1-27-16-7-5-14(6-8-16)18-17(19(24)21(20-18)9-10-23)12-13-3-2-4-15(11-13)22(25)26/h2-8,11-12,23H,9-10H2,1H3/b17-12-. The second-order valence-electron chi connectivity index (χ2n) is 5.74. The summed E-state index contributed by atoms with van der Waals surface area (Å²) in [6.45, 7) is -0.167. The molecule has 1 aliphatic rings. The Morgan fingerprint density at radius 2 is 2.00 bits per heavy atom. The maximum Gasteiger partial charge on any atom is 0.276 e. The van der Waals surface area contributed by atoms with Crippen LogP contribution in [-0.2, 0) is 4.79 Å². The van der Waals surface area contributed by atoms with Gasteiger partial charge in [-0.3, -0.25) is 14.9 Å². The summed E-state index contributed by atoms with van der Waals surface area (Å²) in [7, 11) is 1.56. The molecular formula is C19H17N3O5. The van der Waals surface area contributed by atoms with Crippen molar-refractivity contribution in [1.82, 2.24) is 5.01 Å². The Morgan fingerprint density at radius 1 is 1.26 bits per heavy atom. The van der Waals surface area contributed by atoms with E-state index in [1.54, 1.807) is 49.6 Å². The monoisotopic (exact) mass is 367 g/mol. The molecular weight excluding hydrogens is 350 g/mol. The van der Waals surface area contributed by atoms with E-state index in [1.165, 1.54) is 17.1 Å². The van der Waals surface area contributed by atoms with Crippen LogP contribution in [0.5, 0.6) is 5.75 Å². The van der Waals surface area contributed by atoms with E-state index in [-0.39, 0.29) is 24.7 Å². The molecule has 1 heterocycles. The van der Waals surface area contributed by atoms with E-state index in [0.29, 0.717) is 28.2 Å². The summed E-state index contributed by atoms with van der Waals surface area (Å²) < 4.78 is 5.14. The van der Waals surface area contributed by atoms with E-state index in [1.807, 2.05) is 0 Å². The number of non-ortho nitro benzene ring substituents is 1. The fourth-order valence-corrected chi connectivity index (χ4v) is 2.69. The van der Waals surface area contributed by atoms with Crippen LogP contribution >= 0.6 is 0 Å². The number of carbonyl (C=O) groups is 1. The Bertz CT molecular complexity index is 935. The number of benzene rings is 2. The molecule has 0 radical (unpaired) electrons. The Balaban J connectivity index is 2.04. The van der Waals surface area contributed by atoms with Gasteiger partial charge in [0.1, 0.15) is 11.5 Å². The van der Waals surface area contributed by atoms with Crippen molar-refractivity contribution < 1.29 is 19.6 Å². The lowest BCUT2D eigenvalue weighted by Gasteiger charge is -2.08. The third kappa shape index (κ3) is 3.85. The van der Waals surface area contributed by atoms with Crippen molar-refractivity contribution in [1.29, 1.82) is 0 Å². The summed E-state index contributed by atoms with van der Waals surface area (Å²) >= 11 is 0. The average molecular weight is 367 g/mol. The highest BCUT2D eigenvalue weighted by Gasteiger charge is 2.30. The number of hydrogen-bond acceptors (Lipinski definition) is 6. The number of nitrogens with zero attached hydrogens (tertiary/aromatic N) is 3. The summed E-state index contributed by atoms with van der Waals surface area (Å²) in [5.74, 6) is 0.293. The number of amides is 1. The SMILES string of the molecule is COc1ccc(C2=NN(CCO)C(=O)/C2=C\c2cccc([N+](=O)[O-])c2)cc1. The zero-order valence-corrected chi connectivity index (χ0v) is 14.5. The van der Waals surface area contributed by atoms with Crippen LogP contribution in [0, 0.1) is 10.1 Å². The maximum atomic E-state index is 12.7. The first-order chi connectivity index (χ1) is 13.0. The molecule has 0 atom stereocenters. The van der Waals surface area contributed by atoms with Gasteiger partial charge in [-0.05, 0) is 35.9 Å². The summed E-state index contributed by atoms with van der Waals surface area (Å²) in [6, 6.07) is 13.1. The molecule has 0 unspecified atom stereocenters. The van der Waals surface area contributed by atoms with Gasteiger partial charge in [-0.1, -0.05) is 12.1 Å². The molecule has 2 aromatic carbocycles. The lowest BCUT2D eigenvalue weighted by atomic mass is 10.00. The van der Waals surface area contributed by atoms with Crippen molar-refractivity contribution in [3.63, 3.8) is 0 Å². The van der Waals surface area contributed by atoms with E-state index in [4.69, 9.17) is 9.84 Å². The predicted molar refractivity (Wildman–Crippen MR) is 99.4 cm³/mol. The molecule has 8 heteroatoms. The van der Waals surface area contributed by atoms with Gasteiger partial charge in [0.15, 0.2) is 0 Å². The quantitative estimate of drug-likeness (QED) is 0.479. The first-order valence-corrected chi connectivity index (χ1v) is 8.16. The number of rotatable bonds is 6.